The molecule has 0 spiro atoms. The van der Waals surface area contributed by atoms with Gasteiger partial charge in [0.15, 0.2) is 6.61 Å². The highest BCUT2D eigenvalue weighted by atomic mass is 16.5. The normalized spacial score (nSPS) is 10.8. The van der Waals surface area contributed by atoms with E-state index in [0.717, 1.165) is 6.92 Å². The Balaban J connectivity index is 0. The first-order chi connectivity index (χ1) is 5.90. The van der Waals surface area contributed by atoms with E-state index >= 15 is 0 Å². The average molecular weight is 194 g/mol. The molecule has 6 nitrogen and oxygen atoms in total. The van der Waals surface area contributed by atoms with E-state index in [4.69, 9.17) is 15.3 Å². The Morgan fingerprint density at radius 2 is 1.85 bits per heavy atom. The molecule has 1 atom stereocenters. The summed E-state index contributed by atoms with van der Waals surface area (Å²) >= 11 is 0. The molecule has 0 bridgehead atoms. The van der Waals surface area contributed by atoms with Gasteiger partial charge in [0, 0.05) is 6.92 Å². The van der Waals surface area contributed by atoms with Gasteiger partial charge in [0.1, 0.15) is 0 Å². The Bertz CT molecular complexity index is 139. The van der Waals surface area contributed by atoms with Gasteiger partial charge in [-0.25, -0.2) is 4.79 Å². The lowest BCUT2D eigenvalue weighted by molar-refractivity contribution is -0.153. The van der Waals surface area contributed by atoms with Crippen LogP contribution in [-0.4, -0.2) is 46.6 Å². The number of aliphatic hydroxyl groups is 2. The second kappa shape index (κ2) is 8.95. The second-order valence-corrected chi connectivity index (χ2v) is 2.21. The molecule has 3 N–H and O–H groups in total. The fourth-order valence-electron chi connectivity index (χ4n) is 0.163. The predicted molar refractivity (Wildman–Crippen MR) is 43.0 cm³/mol. The summed E-state index contributed by atoms with van der Waals surface area (Å²) in [6, 6.07) is 0. The molecule has 6 heteroatoms. The second-order valence-electron chi connectivity index (χ2n) is 2.21. The van der Waals surface area contributed by atoms with Crippen LogP contribution in [0.3, 0.4) is 0 Å². The largest absolute Gasteiger partial charge is 0.479 e. The van der Waals surface area contributed by atoms with Gasteiger partial charge in [0.2, 0.25) is 0 Å². The van der Waals surface area contributed by atoms with Crippen molar-refractivity contribution in [3.8, 4) is 0 Å². The van der Waals surface area contributed by atoms with Crippen LogP contribution in [0.2, 0.25) is 0 Å². The molecule has 0 aliphatic heterocycles. The molecule has 0 radical (unpaired) electrons. The molecular formula is C7H14O6. The monoisotopic (exact) mass is 194 g/mol. The molecule has 13 heavy (non-hydrogen) atoms. The predicted octanol–water partition coefficient (Wildman–Crippen LogP) is -1.01. The molecule has 0 heterocycles. The Kier molecular flexibility index (Phi) is 9.91. The highest BCUT2D eigenvalue weighted by molar-refractivity contribution is 5.73. The minimum atomic E-state index is -1.14. The molecule has 1 unspecified atom stereocenters. The molecule has 0 aromatic carbocycles. The van der Waals surface area contributed by atoms with Crippen molar-refractivity contribution in [2.75, 3.05) is 13.2 Å². The van der Waals surface area contributed by atoms with Gasteiger partial charge < -0.3 is 20.1 Å². The Morgan fingerprint density at radius 3 is 1.92 bits per heavy atom. The van der Waals surface area contributed by atoms with Crippen molar-refractivity contribution in [2.24, 2.45) is 0 Å². The third kappa shape index (κ3) is 24.8. The zero-order valence-corrected chi connectivity index (χ0v) is 7.56. The average Bonchev–Trinajstić information content (AvgIpc) is 2.02. The number of aliphatic hydroxyl groups excluding tert-OH is 2. The molecule has 0 saturated carbocycles. The number of carbonyl (C=O) groups is 2. The van der Waals surface area contributed by atoms with Crippen molar-refractivity contribution >= 4 is 11.9 Å². The van der Waals surface area contributed by atoms with Crippen molar-refractivity contribution in [1.29, 1.82) is 0 Å². The number of hydrogen-bond acceptors (Lipinski definition) is 5. The third-order valence-corrected chi connectivity index (χ3v) is 0.663. The van der Waals surface area contributed by atoms with E-state index in [-0.39, 0.29) is 6.61 Å². The van der Waals surface area contributed by atoms with Crippen LogP contribution in [0.1, 0.15) is 13.8 Å². The van der Waals surface area contributed by atoms with Gasteiger partial charge in [0.25, 0.3) is 0 Å². The van der Waals surface area contributed by atoms with E-state index in [2.05, 4.69) is 4.74 Å². The minimum absolute atomic E-state index is 0.139. The summed E-state index contributed by atoms with van der Waals surface area (Å²) in [6.45, 7) is 2.00. The standard InChI is InChI=1S/C4H6O4.C3H8O2/c1-3(5)8-2-4(6)7;1-3(5)2-4/h2H2,1H3,(H,6,7);3-5H,2H2,1H3. The quantitative estimate of drug-likeness (QED) is 0.497. The molecule has 0 amide bonds. The fraction of sp³-hybridized carbons (Fsp3) is 0.714. The maximum atomic E-state index is 9.86. The third-order valence-electron chi connectivity index (χ3n) is 0.663. The van der Waals surface area contributed by atoms with Crippen molar-refractivity contribution in [3.05, 3.63) is 0 Å². The van der Waals surface area contributed by atoms with Crippen molar-refractivity contribution in [1.82, 2.24) is 0 Å². The van der Waals surface area contributed by atoms with Crippen LogP contribution in [0.25, 0.3) is 0 Å². The van der Waals surface area contributed by atoms with Crippen LogP contribution in [0.15, 0.2) is 0 Å². The Morgan fingerprint density at radius 1 is 1.46 bits per heavy atom. The van der Waals surface area contributed by atoms with Crippen molar-refractivity contribution in [3.63, 3.8) is 0 Å². The van der Waals surface area contributed by atoms with Crippen LogP contribution in [0.5, 0.6) is 0 Å². The zero-order chi connectivity index (χ0) is 10.9. The number of aliphatic carboxylic acids is 1. The molecule has 0 aromatic rings. The number of carboxylic acids is 1. The summed E-state index contributed by atoms with van der Waals surface area (Å²) in [5, 5.41) is 23.9. The van der Waals surface area contributed by atoms with Crippen LogP contribution < -0.4 is 0 Å². The smallest absolute Gasteiger partial charge is 0.341 e. The molecule has 0 saturated heterocycles. The van der Waals surface area contributed by atoms with E-state index in [0.29, 0.717) is 0 Å². The van der Waals surface area contributed by atoms with E-state index in [1.54, 1.807) is 0 Å². The number of hydrogen-bond donors (Lipinski definition) is 3. The summed E-state index contributed by atoms with van der Waals surface area (Å²) in [4.78, 5) is 19.5. The number of carbonyl (C=O) groups excluding carboxylic acids is 1. The van der Waals surface area contributed by atoms with Gasteiger partial charge >= 0.3 is 11.9 Å². The van der Waals surface area contributed by atoms with Crippen molar-refractivity contribution in [2.45, 2.75) is 20.0 Å². The van der Waals surface area contributed by atoms with E-state index in [1.807, 2.05) is 0 Å². The SMILES string of the molecule is CC(=O)OCC(=O)O.CC(O)CO. The summed E-state index contributed by atoms with van der Waals surface area (Å²) in [5.41, 5.74) is 0. The van der Waals surface area contributed by atoms with Gasteiger partial charge in [-0.15, -0.1) is 0 Å². The minimum Gasteiger partial charge on any atom is -0.479 e. The van der Waals surface area contributed by atoms with Gasteiger partial charge in [-0.3, -0.25) is 4.79 Å². The van der Waals surface area contributed by atoms with Crippen LogP contribution >= 0.6 is 0 Å². The van der Waals surface area contributed by atoms with Gasteiger partial charge in [-0.2, -0.15) is 0 Å². The summed E-state index contributed by atoms with van der Waals surface area (Å²) < 4.78 is 4.06. The first-order valence-electron chi connectivity index (χ1n) is 3.54. The molecule has 0 fully saturated rings. The zero-order valence-electron chi connectivity index (χ0n) is 7.56. The molecule has 0 rings (SSSR count). The number of carboxylic acid groups (broad SMARTS) is 1. The number of ether oxygens (including phenoxy) is 1. The Hall–Kier alpha value is -1.14. The highest BCUT2D eigenvalue weighted by Gasteiger charge is 1.97. The highest BCUT2D eigenvalue weighted by Crippen LogP contribution is 1.73. The van der Waals surface area contributed by atoms with Crippen molar-refractivity contribution < 1.29 is 29.6 Å². The molecular weight excluding hydrogens is 180 g/mol. The lowest BCUT2D eigenvalue weighted by atomic mass is 10.5. The maximum absolute atomic E-state index is 9.86. The molecule has 0 aromatic heterocycles. The Labute approximate surface area is 75.8 Å². The number of esters is 1. The fourth-order valence-corrected chi connectivity index (χ4v) is 0.163. The van der Waals surface area contributed by atoms with Gasteiger partial charge in [-0.05, 0) is 6.92 Å². The summed E-state index contributed by atoms with van der Waals surface area (Å²) in [6.07, 6.45) is -0.560. The first-order valence-corrected chi connectivity index (χ1v) is 3.54. The van der Waals surface area contributed by atoms with Gasteiger partial charge in [0.05, 0.1) is 12.7 Å². The van der Waals surface area contributed by atoms with Crippen LogP contribution in [0.4, 0.5) is 0 Å². The van der Waals surface area contributed by atoms with Crippen LogP contribution in [-0.2, 0) is 14.3 Å². The topological polar surface area (TPSA) is 104 Å². The van der Waals surface area contributed by atoms with E-state index < -0.39 is 24.6 Å². The van der Waals surface area contributed by atoms with E-state index in [1.165, 1.54) is 6.92 Å². The molecule has 78 valence electrons. The summed E-state index contributed by atoms with van der Waals surface area (Å²) in [7, 11) is 0. The van der Waals surface area contributed by atoms with Gasteiger partial charge in [-0.1, -0.05) is 0 Å². The molecule has 0 aliphatic carbocycles. The maximum Gasteiger partial charge on any atom is 0.341 e. The lowest BCUT2D eigenvalue weighted by Crippen LogP contribution is -2.09. The summed E-state index contributed by atoms with van der Waals surface area (Å²) in [5.74, 6) is -1.72. The first kappa shape index (κ1) is 14.4. The lowest BCUT2D eigenvalue weighted by Gasteiger charge is -1.92. The van der Waals surface area contributed by atoms with Crippen LogP contribution in [0, 0.1) is 0 Å². The van der Waals surface area contributed by atoms with E-state index in [9.17, 15) is 9.59 Å². The molecule has 0 aliphatic rings. The number of rotatable bonds is 3.